The van der Waals surface area contributed by atoms with E-state index in [9.17, 15) is 8.42 Å². The molecule has 1 unspecified atom stereocenters. The topological polar surface area (TPSA) is 49.4 Å². The smallest absolute Gasteiger partial charge is 0.243 e. The maximum absolute atomic E-state index is 12.4. The summed E-state index contributed by atoms with van der Waals surface area (Å²) >= 11 is 11.7. The van der Waals surface area contributed by atoms with Crippen LogP contribution >= 0.6 is 23.2 Å². The van der Waals surface area contributed by atoms with Gasteiger partial charge in [-0.1, -0.05) is 23.2 Å². The van der Waals surface area contributed by atoms with E-state index >= 15 is 0 Å². The number of nitrogens with one attached hydrogen (secondary N) is 1. The Bertz CT molecular complexity index is 528. The fraction of sp³-hybridized carbons (Fsp3) is 0.455. The first-order valence-electron chi connectivity index (χ1n) is 5.57. The first-order valence-corrected chi connectivity index (χ1v) is 7.76. The molecule has 100 valence electrons. The van der Waals surface area contributed by atoms with Gasteiger partial charge in [0, 0.05) is 29.2 Å². The number of hydrogen-bond donors (Lipinski definition) is 1. The van der Waals surface area contributed by atoms with E-state index in [1.165, 1.54) is 22.5 Å². The molecule has 0 bridgehead atoms. The predicted molar refractivity (Wildman–Crippen MR) is 72.7 cm³/mol. The minimum Gasteiger partial charge on any atom is -0.316 e. The summed E-state index contributed by atoms with van der Waals surface area (Å²) in [7, 11) is -1.67. The zero-order chi connectivity index (χ0) is 13.3. The maximum atomic E-state index is 12.4. The van der Waals surface area contributed by atoms with Gasteiger partial charge in [0.2, 0.25) is 10.0 Å². The molecule has 1 atom stereocenters. The highest BCUT2D eigenvalue weighted by Crippen LogP contribution is 2.26. The van der Waals surface area contributed by atoms with Crippen LogP contribution < -0.4 is 5.32 Å². The Kier molecular flexibility index (Phi) is 4.18. The quantitative estimate of drug-likeness (QED) is 0.929. The van der Waals surface area contributed by atoms with E-state index in [1.54, 1.807) is 0 Å². The first kappa shape index (κ1) is 14.1. The van der Waals surface area contributed by atoms with Gasteiger partial charge in [-0.15, -0.1) is 0 Å². The standard InChI is InChI=1S/C11H14Cl2N2O2S/c1-14-10-2-3-15(7-10)18(16,17)11-5-8(12)4-9(13)6-11/h4-6,10,14H,2-3,7H2,1H3. The Balaban J connectivity index is 2.31. The van der Waals surface area contributed by atoms with Crippen molar-refractivity contribution in [1.29, 1.82) is 0 Å². The Morgan fingerprint density at radius 1 is 1.28 bits per heavy atom. The summed E-state index contributed by atoms with van der Waals surface area (Å²) < 4.78 is 26.2. The normalized spacial score (nSPS) is 21.4. The second kappa shape index (κ2) is 5.35. The molecule has 0 spiro atoms. The van der Waals surface area contributed by atoms with E-state index in [-0.39, 0.29) is 10.9 Å². The van der Waals surface area contributed by atoms with Crippen LogP contribution in [-0.4, -0.2) is 38.9 Å². The van der Waals surface area contributed by atoms with E-state index in [2.05, 4.69) is 5.32 Å². The number of nitrogens with zero attached hydrogens (tertiary/aromatic N) is 1. The van der Waals surface area contributed by atoms with Gasteiger partial charge in [-0.2, -0.15) is 4.31 Å². The molecule has 0 aliphatic carbocycles. The van der Waals surface area contributed by atoms with E-state index in [0.717, 1.165) is 6.42 Å². The number of rotatable bonds is 3. The van der Waals surface area contributed by atoms with Gasteiger partial charge in [0.05, 0.1) is 4.90 Å². The zero-order valence-corrected chi connectivity index (χ0v) is 12.2. The predicted octanol–water partition coefficient (Wildman–Crippen LogP) is 1.98. The fourth-order valence-electron chi connectivity index (χ4n) is 2.01. The van der Waals surface area contributed by atoms with Gasteiger partial charge in [0.15, 0.2) is 0 Å². The lowest BCUT2D eigenvalue weighted by molar-refractivity contribution is 0.464. The van der Waals surface area contributed by atoms with Crippen molar-refractivity contribution in [2.45, 2.75) is 17.4 Å². The lowest BCUT2D eigenvalue weighted by Gasteiger charge is -2.16. The van der Waals surface area contributed by atoms with Gasteiger partial charge in [-0.3, -0.25) is 0 Å². The third kappa shape index (κ3) is 2.81. The Labute approximate surface area is 117 Å². The van der Waals surface area contributed by atoms with E-state index in [4.69, 9.17) is 23.2 Å². The number of benzene rings is 1. The zero-order valence-electron chi connectivity index (χ0n) is 9.86. The molecule has 1 saturated heterocycles. The molecule has 0 saturated carbocycles. The van der Waals surface area contributed by atoms with Gasteiger partial charge >= 0.3 is 0 Å². The minimum absolute atomic E-state index is 0.150. The van der Waals surface area contributed by atoms with Crippen molar-refractivity contribution in [2.24, 2.45) is 0 Å². The summed E-state index contributed by atoms with van der Waals surface area (Å²) in [5.41, 5.74) is 0. The molecule has 18 heavy (non-hydrogen) atoms. The summed E-state index contributed by atoms with van der Waals surface area (Å²) in [6.45, 7) is 0.987. The first-order chi connectivity index (χ1) is 8.43. The van der Waals surface area contributed by atoms with Gasteiger partial charge in [-0.25, -0.2) is 8.42 Å². The van der Waals surface area contributed by atoms with Crippen molar-refractivity contribution in [1.82, 2.24) is 9.62 Å². The molecule has 1 aromatic rings. The molecular formula is C11H14Cl2N2O2S. The number of hydrogen-bond acceptors (Lipinski definition) is 3. The molecule has 2 rings (SSSR count). The molecule has 0 amide bonds. The summed E-state index contributed by atoms with van der Waals surface area (Å²) in [5, 5.41) is 3.73. The molecule has 7 heteroatoms. The monoisotopic (exact) mass is 308 g/mol. The third-order valence-corrected chi connectivity index (χ3v) is 5.31. The second-order valence-electron chi connectivity index (χ2n) is 4.24. The second-order valence-corrected chi connectivity index (χ2v) is 7.05. The summed E-state index contributed by atoms with van der Waals surface area (Å²) in [5.74, 6) is 0. The molecule has 0 aromatic heterocycles. The van der Waals surface area contributed by atoms with Gasteiger partial charge in [0.1, 0.15) is 0 Å². The maximum Gasteiger partial charge on any atom is 0.243 e. The SMILES string of the molecule is CNC1CCN(S(=O)(=O)c2cc(Cl)cc(Cl)c2)C1. The highest BCUT2D eigenvalue weighted by molar-refractivity contribution is 7.89. The van der Waals surface area contributed by atoms with Gasteiger partial charge in [-0.05, 0) is 31.7 Å². The molecule has 1 N–H and O–H groups in total. The van der Waals surface area contributed by atoms with Crippen LogP contribution in [0.5, 0.6) is 0 Å². The van der Waals surface area contributed by atoms with Crippen LogP contribution in [-0.2, 0) is 10.0 Å². The van der Waals surface area contributed by atoms with Crippen molar-refractivity contribution in [3.63, 3.8) is 0 Å². The van der Waals surface area contributed by atoms with Crippen molar-refractivity contribution >= 4 is 33.2 Å². The van der Waals surface area contributed by atoms with Crippen LogP contribution in [0, 0.1) is 0 Å². The Morgan fingerprint density at radius 2 is 1.89 bits per heavy atom. The minimum atomic E-state index is -3.50. The summed E-state index contributed by atoms with van der Waals surface area (Å²) in [6.07, 6.45) is 0.810. The Morgan fingerprint density at radius 3 is 2.39 bits per heavy atom. The number of sulfonamides is 1. The summed E-state index contributed by atoms with van der Waals surface area (Å²) in [4.78, 5) is 0.150. The van der Waals surface area contributed by atoms with Crippen molar-refractivity contribution in [2.75, 3.05) is 20.1 Å². The molecule has 0 radical (unpaired) electrons. The largest absolute Gasteiger partial charge is 0.316 e. The van der Waals surface area contributed by atoms with Crippen LogP contribution in [0.15, 0.2) is 23.1 Å². The highest BCUT2D eigenvalue weighted by atomic mass is 35.5. The molecular weight excluding hydrogens is 295 g/mol. The molecule has 4 nitrogen and oxygen atoms in total. The molecule has 1 fully saturated rings. The molecule has 1 heterocycles. The average Bonchev–Trinajstić information content (AvgIpc) is 2.76. The van der Waals surface area contributed by atoms with Crippen LogP contribution in [0.2, 0.25) is 10.0 Å². The fourth-order valence-corrected chi connectivity index (χ4v) is 4.24. The number of likely N-dealkylation sites (N-methyl/N-ethyl adjacent to an activating group) is 1. The lowest BCUT2D eigenvalue weighted by atomic mass is 10.3. The lowest BCUT2D eigenvalue weighted by Crippen LogP contribution is -2.33. The number of halogens is 2. The molecule has 1 aliphatic heterocycles. The third-order valence-electron chi connectivity index (χ3n) is 3.03. The van der Waals surface area contributed by atoms with Gasteiger partial charge < -0.3 is 5.32 Å². The van der Waals surface area contributed by atoms with Crippen LogP contribution in [0.3, 0.4) is 0 Å². The Hall–Kier alpha value is -0.330. The van der Waals surface area contributed by atoms with Crippen molar-refractivity contribution in [3.05, 3.63) is 28.2 Å². The van der Waals surface area contributed by atoms with E-state index < -0.39 is 10.0 Å². The van der Waals surface area contributed by atoms with Crippen LogP contribution in [0.1, 0.15) is 6.42 Å². The van der Waals surface area contributed by atoms with E-state index in [0.29, 0.717) is 23.1 Å². The highest BCUT2D eigenvalue weighted by Gasteiger charge is 2.32. The van der Waals surface area contributed by atoms with Crippen molar-refractivity contribution < 1.29 is 8.42 Å². The van der Waals surface area contributed by atoms with E-state index in [1.807, 2.05) is 7.05 Å². The molecule has 1 aromatic carbocycles. The van der Waals surface area contributed by atoms with Gasteiger partial charge in [0.25, 0.3) is 0 Å². The van der Waals surface area contributed by atoms with Crippen LogP contribution in [0.25, 0.3) is 0 Å². The van der Waals surface area contributed by atoms with Crippen molar-refractivity contribution in [3.8, 4) is 0 Å². The summed E-state index contributed by atoms with van der Waals surface area (Å²) in [6, 6.07) is 4.57. The van der Waals surface area contributed by atoms with Crippen LogP contribution in [0.4, 0.5) is 0 Å². The average molecular weight is 309 g/mol. The molecule has 1 aliphatic rings.